The molecule has 0 saturated carbocycles. The highest BCUT2D eigenvalue weighted by atomic mass is 19.4. The van der Waals surface area contributed by atoms with Crippen molar-refractivity contribution in [2.24, 2.45) is 0 Å². The van der Waals surface area contributed by atoms with Gasteiger partial charge < -0.3 is 9.72 Å². The first kappa shape index (κ1) is 15.1. The first-order valence-corrected chi connectivity index (χ1v) is 6.15. The predicted molar refractivity (Wildman–Crippen MR) is 68.9 cm³/mol. The van der Waals surface area contributed by atoms with Crippen molar-refractivity contribution in [1.82, 2.24) is 9.55 Å². The highest BCUT2D eigenvalue weighted by molar-refractivity contribution is 5.76. The smallest absolute Gasteiger partial charge is 0.416 e. The van der Waals surface area contributed by atoms with E-state index < -0.39 is 29.4 Å². The summed E-state index contributed by atoms with van der Waals surface area (Å²) in [5, 5.41) is 0. The fourth-order valence-corrected chi connectivity index (χ4v) is 2.05. The van der Waals surface area contributed by atoms with E-state index in [2.05, 4.69) is 4.98 Å². The lowest BCUT2D eigenvalue weighted by atomic mass is 10.2. The maximum Gasteiger partial charge on any atom is 0.416 e. The lowest BCUT2D eigenvalue weighted by molar-refractivity contribution is -0.142. The summed E-state index contributed by atoms with van der Waals surface area (Å²) in [7, 11) is 0. The molecule has 0 spiro atoms. The van der Waals surface area contributed by atoms with Gasteiger partial charge in [-0.25, -0.2) is 4.79 Å². The Morgan fingerprint density at radius 2 is 2.10 bits per heavy atom. The number of alkyl halides is 3. The Bertz CT molecular complexity index is 730. The molecule has 1 N–H and O–H groups in total. The second-order valence-corrected chi connectivity index (χ2v) is 4.68. The minimum atomic E-state index is -4.49. The van der Waals surface area contributed by atoms with Crippen LogP contribution >= 0.6 is 0 Å². The van der Waals surface area contributed by atoms with Crippen molar-refractivity contribution < 1.29 is 22.7 Å². The second-order valence-electron chi connectivity index (χ2n) is 4.68. The van der Waals surface area contributed by atoms with Gasteiger partial charge >= 0.3 is 17.8 Å². The first-order valence-electron chi connectivity index (χ1n) is 6.15. The van der Waals surface area contributed by atoms with Crippen LogP contribution in [0.15, 0.2) is 23.0 Å². The number of ether oxygens (including phenoxy) is 1. The summed E-state index contributed by atoms with van der Waals surface area (Å²) < 4.78 is 44.2. The fraction of sp³-hybridized carbons (Fsp3) is 0.385. The largest absolute Gasteiger partial charge is 0.464 e. The van der Waals surface area contributed by atoms with E-state index in [0.29, 0.717) is 5.52 Å². The average molecular weight is 302 g/mol. The Kier molecular flexibility index (Phi) is 3.80. The molecule has 1 aromatic carbocycles. The normalized spacial score (nSPS) is 13.4. The summed E-state index contributed by atoms with van der Waals surface area (Å²) in [6, 6.07) is 2.42. The summed E-state index contributed by atoms with van der Waals surface area (Å²) in [4.78, 5) is 25.1. The van der Waals surface area contributed by atoms with Crippen molar-refractivity contribution in [1.29, 1.82) is 0 Å². The van der Waals surface area contributed by atoms with Crippen LogP contribution in [-0.4, -0.2) is 22.1 Å². The van der Waals surface area contributed by atoms with Crippen molar-refractivity contribution in [3.8, 4) is 0 Å². The lowest BCUT2D eigenvalue weighted by Crippen LogP contribution is -2.24. The van der Waals surface area contributed by atoms with Crippen molar-refractivity contribution in [2.75, 3.05) is 6.61 Å². The van der Waals surface area contributed by atoms with E-state index in [1.54, 1.807) is 6.92 Å². The van der Waals surface area contributed by atoms with Gasteiger partial charge in [-0.2, -0.15) is 13.2 Å². The van der Waals surface area contributed by atoms with E-state index in [1.165, 1.54) is 13.0 Å². The van der Waals surface area contributed by atoms with E-state index in [-0.39, 0.29) is 12.1 Å². The van der Waals surface area contributed by atoms with E-state index in [0.717, 1.165) is 16.7 Å². The number of esters is 1. The molecule has 5 nitrogen and oxygen atoms in total. The number of fused-ring (bicyclic) bond motifs is 1. The van der Waals surface area contributed by atoms with E-state index >= 15 is 0 Å². The summed E-state index contributed by atoms with van der Waals surface area (Å²) in [6.45, 7) is 2.70. The van der Waals surface area contributed by atoms with E-state index in [4.69, 9.17) is 4.74 Å². The van der Waals surface area contributed by atoms with Gasteiger partial charge in [0.1, 0.15) is 6.61 Å². The minimum absolute atomic E-state index is 0.0988. The van der Waals surface area contributed by atoms with Crippen LogP contribution in [0.1, 0.15) is 25.5 Å². The molecule has 0 aliphatic rings. The number of benzene rings is 1. The van der Waals surface area contributed by atoms with Crippen LogP contribution in [0.4, 0.5) is 13.2 Å². The van der Waals surface area contributed by atoms with Crippen molar-refractivity contribution in [2.45, 2.75) is 26.1 Å². The summed E-state index contributed by atoms with van der Waals surface area (Å²) in [5.41, 5.74) is -0.983. The Morgan fingerprint density at radius 3 is 2.67 bits per heavy atom. The number of hydrogen-bond acceptors (Lipinski definition) is 3. The SMILES string of the molecule is CC(=O)OC[C@@H](C)n1c(=O)[nH]c2ccc(C(F)(F)F)cc21. The quantitative estimate of drug-likeness (QED) is 0.886. The molecule has 1 aromatic heterocycles. The Labute approximate surface area is 117 Å². The molecule has 0 bridgehead atoms. The van der Waals surface area contributed by atoms with Crippen LogP contribution in [0.3, 0.4) is 0 Å². The van der Waals surface area contributed by atoms with Gasteiger partial charge in [-0.3, -0.25) is 9.36 Å². The van der Waals surface area contributed by atoms with Gasteiger partial charge in [0.05, 0.1) is 22.6 Å². The average Bonchev–Trinajstić information content (AvgIpc) is 2.69. The third-order valence-electron chi connectivity index (χ3n) is 3.01. The molecule has 0 saturated heterocycles. The maximum atomic E-state index is 12.7. The zero-order valence-corrected chi connectivity index (χ0v) is 11.3. The predicted octanol–water partition coefficient (Wildman–Crippen LogP) is 2.47. The molecular weight excluding hydrogens is 289 g/mol. The molecule has 2 aromatic rings. The van der Waals surface area contributed by atoms with Gasteiger partial charge in [-0.1, -0.05) is 0 Å². The molecule has 0 unspecified atom stereocenters. The number of carbonyl (C=O) groups is 1. The van der Waals surface area contributed by atoms with Crippen molar-refractivity contribution in [3.05, 3.63) is 34.2 Å². The van der Waals surface area contributed by atoms with Crippen molar-refractivity contribution in [3.63, 3.8) is 0 Å². The number of rotatable bonds is 3. The maximum absolute atomic E-state index is 12.7. The monoisotopic (exact) mass is 302 g/mol. The first-order chi connectivity index (χ1) is 9.70. The summed E-state index contributed by atoms with van der Waals surface area (Å²) >= 11 is 0. The number of imidazole rings is 1. The third kappa shape index (κ3) is 3.09. The molecule has 114 valence electrons. The topological polar surface area (TPSA) is 64.1 Å². The van der Waals surface area contributed by atoms with Crippen LogP contribution in [0, 0.1) is 0 Å². The highest BCUT2D eigenvalue weighted by Crippen LogP contribution is 2.31. The number of carbonyl (C=O) groups excluding carboxylic acids is 1. The van der Waals surface area contributed by atoms with Crippen molar-refractivity contribution >= 4 is 17.0 Å². The molecule has 0 aliphatic heterocycles. The highest BCUT2D eigenvalue weighted by Gasteiger charge is 2.31. The standard InChI is InChI=1S/C13H13F3N2O3/c1-7(6-21-8(2)19)18-11-5-9(13(14,15)16)3-4-10(11)17-12(18)20/h3-5,7H,6H2,1-2H3,(H,17,20)/t7-/m1/s1. The molecule has 0 radical (unpaired) electrons. The van der Waals surface area contributed by atoms with Crippen LogP contribution in [-0.2, 0) is 15.7 Å². The molecule has 8 heteroatoms. The number of halogens is 3. The number of aromatic amines is 1. The lowest BCUT2D eigenvalue weighted by Gasteiger charge is -2.14. The third-order valence-corrected chi connectivity index (χ3v) is 3.01. The zero-order chi connectivity index (χ0) is 15.8. The number of nitrogens with zero attached hydrogens (tertiary/aromatic N) is 1. The van der Waals surface area contributed by atoms with E-state index in [9.17, 15) is 22.8 Å². The molecule has 0 aliphatic carbocycles. The molecule has 0 fully saturated rings. The number of nitrogens with one attached hydrogen (secondary N) is 1. The van der Waals surface area contributed by atoms with Crippen LogP contribution in [0.25, 0.3) is 11.0 Å². The van der Waals surface area contributed by atoms with Crippen LogP contribution in [0.5, 0.6) is 0 Å². The van der Waals surface area contributed by atoms with Gasteiger partial charge in [0, 0.05) is 6.92 Å². The second kappa shape index (κ2) is 5.27. The molecule has 1 atom stereocenters. The number of hydrogen-bond donors (Lipinski definition) is 1. The van der Waals surface area contributed by atoms with Gasteiger partial charge in [0.2, 0.25) is 0 Å². The Balaban J connectivity index is 2.49. The van der Waals surface area contributed by atoms with Gasteiger partial charge in [-0.05, 0) is 25.1 Å². The van der Waals surface area contributed by atoms with Crippen LogP contribution < -0.4 is 5.69 Å². The Morgan fingerprint density at radius 1 is 1.43 bits per heavy atom. The van der Waals surface area contributed by atoms with E-state index in [1.807, 2.05) is 0 Å². The summed E-state index contributed by atoms with van der Waals surface area (Å²) in [6.07, 6.45) is -4.49. The van der Waals surface area contributed by atoms with Gasteiger partial charge in [0.15, 0.2) is 0 Å². The van der Waals surface area contributed by atoms with Gasteiger partial charge in [-0.15, -0.1) is 0 Å². The molecule has 0 amide bonds. The molecular formula is C13H13F3N2O3. The number of H-pyrrole nitrogens is 1. The zero-order valence-electron chi connectivity index (χ0n) is 11.3. The van der Waals surface area contributed by atoms with Crippen LogP contribution in [0.2, 0.25) is 0 Å². The molecule has 2 rings (SSSR count). The fourth-order valence-electron chi connectivity index (χ4n) is 2.05. The molecule has 21 heavy (non-hydrogen) atoms. The Hall–Kier alpha value is -2.25. The summed E-state index contributed by atoms with van der Waals surface area (Å²) in [5.74, 6) is -0.522. The van der Waals surface area contributed by atoms with Gasteiger partial charge in [0.25, 0.3) is 0 Å². The minimum Gasteiger partial charge on any atom is -0.464 e. The number of aromatic nitrogens is 2. The molecule has 1 heterocycles.